The van der Waals surface area contributed by atoms with Crippen molar-refractivity contribution < 1.29 is 9.90 Å². The Kier molecular flexibility index (Phi) is 6.27. The third-order valence-electron chi connectivity index (χ3n) is 3.64. The van der Waals surface area contributed by atoms with Crippen LogP contribution in [0.1, 0.15) is 45.4 Å². The summed E-state index contributed by atoms with van der Waals surface area (Å²) in [6.45, 7) is 7.64. The Morgan fingerprint density at radius 3 is 2.88 bits per heavy atom. The number of rotatable bonds is 7. The molecule has 17 heavy (non-hydrogen) atoms. The standard InChI is InChI=1S/C14H25NO2/c1-3-4-5-6-7-10-15-11-8-9-12(2)13(15)14(16)17/h3,12-13H,1,4-11H2,2H3,(H,16,17). The Morgan fingerprint density at radius 2 is 2.24 bits per heavy atom. The van der Waals surface area contributed by atoms with Crippen LogP contribution >= 0.6 is 0 Å². The molecule has 98 valence electrons. The molecule has 1 N–H and O–H groups in total. The third kappa shape index (κ3) is 4.50. The van der Waals surface area contributed by atoms with Crippen LogP contribution in [-0.2, 0) is 4.79 Å². The number of carboxylic acid groups (broad SMARTS) is 1. The molecule has 3 heteroatoms. The molecule has 2 unspecified atom stereocenters. The number of unbranched alkanes of at least 4 members (excludes halogenated alkanes) is 3. The summed E-state index contributed by atoms with van der Waals surface area (Å²) in [5, 5.41) is 9.26. The zero-order chi connectivity index (χ0) is 12.7. The van der Waals surface area contributed by atoms with Crippen LogP contribution in [0.15, 0.2) is 12.7 Å². The van der Waals surface area contributed by atoms with Gasteiger partial charge in [0.2, 0.25) is 0 Å². The first kappa shape index (κ1) is 14.2. The number of likely N-dealkylation sites (tertiary alicyclic amines) is 1. The van der Waals surface area contributed by atoms with Gasteiger partial charge in [0.1, 0.15) is 6.04 Å². The molecule has 0 radical (unpaired) electrons. The first-order valence-corrected chi connectivity index (χ1v) is 6.74. The van der Waals surface area contributed by atoms with E-state index in [-0.39, 0.29) is 12.0 Å². The molecule has 1 saturated heterocycles. The minimum absolute atomic E-state index is 0.261. The Morgan fingerprint density at radius 1 is 1.47 bits per heavy atom. The quantitative estimate of drug-likeness (QED) is 0.548. The van der Waals surface area contributed by atoms with E-state index in [1.54, 1.807) is 0 Å². The maximum absolute atomic E-state index is 11.3. The summed E-state index contributed by atoms with van der Waals surface area (Å²) < 4.78 is 0. The van der Waals surface area contributed by atoms with Gasteiger partial charge in [0, 0.05) is 0 Å². The fourth-order valence-corrected chi connectivity index (χ4v) is 2.70. The molecule has 0 aromatic carbocycles. The average molecular weight is 239 g/mol. The Hall–Kier alpha value is -0.830. The predicted octanol–water partition coefficient (Wildman–Crippen LogP) is 2.92. The van der Waals surface area contributed by atoms with E-state index in [4.69, 9.17) is 0 Å². The summed E-state index contributed by atoms with van der Waals surface area (Å²) in [7, 11) is 0. The second-order valence-electron chi connectivity index (χ2n) is 5.08. The van der Waals surface area contributed by atoms with Crippen molar-refractivity contribution in [2.24, 2.45) is 5.92 Å². The maximum atomic E-state index is 11.3. The normalized spacial score (nSPS) is 25.7. The Labute approximate surface area is 105 Å². The molecular formula is C14H25NO2. The first-order valence-electron chi connectivity index (χ1n) is 6.74. The number of carbonyl (C=O) groups is 1. The van der Waals surface area contributed by atoms with E-state index in [2.05, 4.69) is 18.4 Å². The van der Waals surface area contributed by atoms with Crippen LogP contribution in [0.2, 0.25) is 0 Å². The number of nitrogens with zero attached hydrogens (tertiary/aromatic N) is 1. The lowest BCUT2D eigenvalue weighted by atomic mass is 9.90. The molecule has 1 rings (SSSR count). The van der Waals surface area contributed by atoms with E-state index in [9.17, 15) is 9.90 Å². The SMILES string of the molecule is C=CCCCCCN1CCCC(C)C1C(=O)O. The van der Waals surface area contributed by atoms with Gasteiger partial charge in [0.05, 0.1) is 0 Å². The Bertz CT molecular complexity index is 253. The van der Waals surface area contributed by atoms with E-state index >= 15 is 0 Å². The van der Waals surface area contributed by atoms with Gasteiger partial charge in [-0.15, -0.1) is 6.58 Å². The van der Waals surface area contributed by atoms with Crippen molar-refractivity contribution in [2.75, 3.05) is 13.1 Å². The molecule has 0 aromatic rings. The van der Waals surface area contributed by atoms with E-state index in [0.29, 0.717) is 0 Å². The van der Waals surface area contributed by atoms with Crippen LogP contribution in [0.25, 0.3) is 0 Å². The van der Waals surface area contributed by atoms with Gasteiger partial charge in [-0.3, -0.25) is 9.69 Å². The summed E-state index contributed by atoms with van der Waals surface area (Å²) in [5.74, 6) is -0.363. The van der Waals surface area contributed by atoms with Gasteiger partial charge in [-0.25, -0.2) is 0 Å². The van der Waals surface area contributed by atoms with Crippen LogP contribution in [0.3, 0.4) is 0 Å². The highest BCUT2D eigenvalue weighted by Crippen LogP contribution is 2.23. The molecule has 0 aromatic heterocycles. The third-order valence-corrected chi connectivity index (χ3v) is 3.64. The molecule has 0 spiro atoms. The molecule has 2 atom stereocenters. The largest absolute Gasteiger partial charge is 0.480 e. The monoisotopic (exact) mass is 239 g/mol. The molecule has 0 saturated carbocycles. The van der Waals surface area contributed by atoms with Crippen molar-refractivity contribution in [3.63, 3.8) is 0 Å². The molecule has 1 heterocycles. The second-order valence-corrected chi connectivity index (χ2v) is 5.08. The van der Waals surface area contributed by atoms with Gasteiger partial charge >= 0.3 is 5.97 Å². The molecule has 0 amide bonds. The van der Waals surface area contributed by atoms with Crippen molar-refractivity contribution in [1.29, 1.82) is 0 Å². The van der Waals surface area contributed by atoms with E-state index < -0.39 is 5.97 Å². The lowest BCUT2D eigenvalue weighted by Gasteiger charge is -2.37. The first-order chi connectivity index (χ1) is 8.16. The van der Waals surface area contributed by atoms with Crippen molar-refractivity contribution in [3.8, 4) is 0 Å². The van der Waals surface area contributed by atoms with Crippen molar-refractivity contribution >= 4 is 5.97 Å². The smallest absolute Gasteiger partial charge is 0.321 e. The van der Waals surface area contributed by atoms with Gasteiger partial charge in [0.15, 0.2) is 0 Å². The van der Waals surface area contributed by atoms with E-state index in [1.807, 2.05) is 6.08 Å². The van der Waals surface area contributed by atoms with Crippen LogP contribution in [-0.4, -0.2) is 35.1 Å². The fourth-order valence-electron chi connectivity index (χ4n) is 2.70. The lowest BCUT2D eigenvalue weighted by molar-refractivity contribution is -0.146. The number of carboxylic acids is 1. The average Bonchev–Trinajstić information content (AvgIpc) is 2.28. The molecular weight excluding hydrogens is 214 g/mol. The summed E-state index contributed by atoms with van der Waals surface area (Å²) in [4.78, 5) is 13.4. The fraction of sp³-hybridized carbons (Fsp3) is 0.786. The van der Waals surface area contributed by atoms with Crippen LogP contribution in [0.5, 0.6) is 0 Å². The van der Waals surface area contributed by atoms with Crippen molar-refractivity contribution in [3.05, 3.63) is 12.7 Å². The minimum atomic E-state index is -0.650. The van der Waals surface area contributed by atoms with Crippen molar-refractivity contribution in [1.82, 2.24) is 4.90 Å². The van der Waals surface area contributed by atoms with Gasteiger partial charge in [0.25, 0.3) is 0 Å². The topological polar surface area (TPSA) is 40.5 Å². The molecule has 0 aliphatic carbocycles. The summed E-state index contributed by atoms with van der Waals surface area (Å²) in [5.41, 5.74) is 0. The number of piperidine rings is 1. The zero-order valence-electron chi connectivity index (χ0n) is 10.9. The summed E-state index contributed by atoms with van der Waals surface area (Å²) in [6, 6.07) is -0.261. The highest BCUT2D eigenvalue weighted by atomic mass is 16.4. The van der Waals surface area contributed by atoms with Gasteiger partial charge in [-0.1, -0.05) is 19.4 Å². The number of aliphatic carboxylic acids is 1. The van der Waals surface area contributed by atoms with Gasteiger partial charge in [-0.05, 0) is 51.1 Å². The lowest BCUT2D eigenvalue weighted by Crippen LogP contribution is -2.49. The highest BCUT2D eigenvalue weighted by Gasteiger charge is 2.33. The molecule has 1 fully saturated rings. The second kappa shape index (κ2) is 7.49. The molecule has 1 aliphatic heterocycles. The van der Waals surface area contributed by atoms with Gasteiger partial charge in [-0.2, -0.15) is 0 Å². The van der Waals surface area contributed by atoms with Gasteiger partial charge < -0.3 is 5.11 Å². The van der Waals surface area contributed by atoms with Crippen LogP contribution in [0, 0.1) is 5.92 Å². The van der Waals surface area contributed by atoms with Crippen LogP contribution in [0.4, 0.5) is 0 Å². The highest BCUT2D eigenvalue weighted by molar-refractivity contribution is 5.74. The number of allylic oxidation sites excluding steroid dienone is 1. The Balaban J connectivity index is 2.33. The molecule has 1 aliphatic rings. The van der Waals surface area contributed by atoms with E-state index in [1.165, 1.54) is 12.8 Å². The predicted molar refractivity (Wildman–Crippen MR) is 70.1 cm³/mol. The summed E-state index contributed by atoms with van der Waals surface area (Å²) in [6.07, 6.45) is 8.64. The zero-order valence-corrected chi connectivity index (χ0v) is 10.9. The van der Waals surface area contributed by atoms with Crippen LogP contribution < -0.4 is 0 Å². The molecule has 3 nitrogen and oxygen atoms in total. The number of hydrogen-bond donors (Lipinski definition) is 1. The molecule has 0 bridgehead atoms. The van der Waals surface area contributed by atoms with E-state index in [0.717, 1.165) is 38.8 Å². The minimum Gasteiger partial charge on any atom is -0.480 e. The van der Waals surface area contributed by atoms with Crippen molar-refractivity contribution in [2.45, 2.75) is 51.5 Å². The number of hydrogen-bond acceptors (Lipinski definition) is 2. The summed E-state index contributed by atoms with van der Waals surface area (Å²) >= 11 is 0. The maximum Gasteiger partial charge on any atom is 0.321 e.